The Labute approximate surface area is 146 Å². The van der Waals surface area contributed by atoms with E-state index in [1.807, 2.05) is 18.2 Å². The molecule has 0 aliphatic rings. The van der Waals surface area contributed by atoms with Crippen LogP contribution < -0.4 is 10.1 Å². The van der Waals surface area contributed by atoms with Gasteiger partial charge in [-0.2, -0.15) is 0 Å². The molecule has 1 N–H and O–H groups in total. The molecule has 0 aromatic heterocycles. The number of nitrogens with one attached hydrogen (secondary N) is 1. The largest absolute Gasteiger partial charge is 0.496 e. The van der Waals surface area contributed by atoms with Crippen LogP contribution in [0.3, 0.4) is 0 Å². The molecule has 2 aromatic rings. The quantitative estimate of drug-likeness (QED) is 0.763. The van der Waals surface area contributed by atoms with Gasteiger partial charge in [0.05, 0.1) is 12.7 Å². The van der Waals surface area contributed by atoms with Gasteiger partial charge in [0.15, 0.2) is 6.61 Å². The maximum atomic E-state index is 13.6. The third-order valence-electron chi connectivity index (χ3n) is 3.15. The van der Waals surface area contributed by atoms with E-state index < -0.39 is 24.3 Å². The van der Waals surface area contributed by atoms with Crippen LogP contribution in [-0.4, -0.2) is 25.6 Å². The second-order valence-electron chi connectivity index (χ2n) is 4.79. The summed E-state index contributed by atoms with van der Waals surface area (Å²) in [5, 5.41) is 2.61. The summed E-state index contributed by atoms with van der Waals surface area (Å²) in [4.78, 5) is 23.5. The first-order valence-electron chi connectivity index (χ1n) is 7.02. The molecule has 0 saturated carbocycles. The molecule has 0 bridgehead atoms. The fourth-order valence-electron chi connectivity index (χ4n) is 1.96. The normalized spacial score (nSPS) is 10.1. The third-order valence-corrected chi connectivity index (χ3v) is 3.65. The molecular weight excluding hydrogens is 381 g/mol. The second kappa shape index (κ2) is 8.44. The Morgan fingerprint density at radius 1 is 1.21 bits per heavy atom. The standard InChI is InChI=1S/C17H15BrFNO4/c1-23-15-5-3-2-4-11(15)9-20-16(21)10-24-17(22)13-7-6-12(18)8-14(13)19/h2-8H,9-10H2,1H3,(H,20,21). The van der Waals surface area contributed by atoms with Crippen molar-refractivity contribution in [3.05, 3.63) is 63.9 Å². The zero-order chi connectivity index (χ0) is 17.5. The second-order valence-corrected chi connectivity index (χ2v) is 5.70. The molecule has 0 aliphatic heterocycles. The molecule has 0 unspecified atom stereocenters. The highest BCUT2D eigenvalue weighted by atomic mass is 79.9. The maximum absolute atomic E-state index is 13.6. The number of benzene rings is 2. The van der Waals surface area contributed by atoms with Gasteiger partial charge < -0.3 is 14.8 Å². The van der Waals surface area contributed by atoms with Crippen molar-refractivity contribution in [3.63, 3.8) is 0 Å². The lowest BCUT2D eigenvalue weighted by Gasteiger charge is -2.10. The van der Waals surface area contributed by atoms with Gasteiger partial charge in [0.25, 0.3) is 5.91 Å². The van der Waals surface area contributed by atoms with Gasteiger partial charge in [-0.3, -0.25) is 4.79 Å². The van der Waals surface area contributed by atoms with Crippen molar-refractivity contribution in [2.45, 2.75) is 6.54 Å². The molecular formula is C17H15BrFNO4. The van der Waals surface area contributed by atoms with E-state index in [9.17, 15) is 14.0 Å². The first kappa shape index (κ1) is 17.9. The van der Waals surface area contributed by atoms with Crippen LogP contribution in [-0.2, 0) is 16.1 Å². The van der Waals surface area contributed by atoms with E-state index in [0.717, 1.165) is 11.6 Å². The number of hydrogen-bond acceptors (Lipinski definition) is 4. The molecule has 0 aliphatic carbocycles. The molecule has 5 nitrogen and oxygen atoms in total. The summed E-state index contributed by atoms with van der Waals surface area (Å²) in [6, 6.07) is 11.2. The molecule has 7 heteroatoms. The van der Waals surface area contributed by atoms with E-state index >= 15 is 0 Å². The summed E-state index contributed by atoms with van der Waals surface area (Å²) in [6.45, 7) is -0.267. The third kappa shape index (κ3) is 4.79. The maximum Gasteiger partial charge on any atom is 0.341 e. The number of amides is 1. The molecule has 2 rings (SSSR count). The van der Waals surface area contributed by atoms with Crippen molar-refractivity contribution in [2.75, 3.05) is 13.7 Å². The molecule has 24 heavy (non-hydrogen) atoms. The summed E-state index contributed by atoms with van der Waals surface area (Å²) in [7, 11) is 1.54. The SMILES string of the molecule is COc1ccccc1CNC(=O)COC(=O)c1ccc(Br)cc1F. The summed E-state index contributed by atoms with van der Waals surface area (Å²) < 4.78 is 24.1. The Morgan fingerprint density at radius 3 is 2.67 bits per heavy atom. The minimum atomic E-state index is -0.896. The van der Waals surface area contributed by atoms with Gasteiger partial charge in [0.1, 0.15) is 11.6 Å². The van der Waals surface area contributed by atoms with Gasteiger partial charge in [0.2, 0.25) is 0 Å². The highest BCUT2D eigenvalue weighted by molar-refractivity contribution is 9.10. The van der Waals surface area contributed by atoms with E-state index in [1.165, 1.54) is 19.2 Å². The number of halogens is 2. The van der Waals surface area contributed by atoms with Crippen molar-refractivity contribution in [3.8, 4) is 5.75 Å². The average molecular weight is 396 g/mol. The molecule has 126 valence electrons. The Morgan fingerprint density at radius 2 is 1.96 bits per heavy atom. The van der Waals surface area contributed by atoms with Crippen LogP contribution in [0.4, 0.5) is 4.39 Å². The number of esters is 1. The number of hydrogen-bond donors (Lipinski definition) is 1. The van der Waals surface area contributed by atoms with Gasteiger partial charge in [-0.15, -0.1) is 0 Å². The van der Waals surface area contributed by atoms with Gasteiger partial charge in [-0.25, -0.2) is 9.18 Å². The number of para-hydroxylation sites is 1. The lowest BCUT2D eigenvalue weighted by Crippen LogP contribution is -2.28. The Bertz CT molecular complexity index is 751. The topological polar surface area (TPSA) is 64.6 Å². The lowest BCUT2D eigenvalue weighted by atomic mass is 10.2. The van der Waals surface area contributed by atoms with Crippen molar-refractivity contribution < 1.29 is 23.5 Å². The van der Waals surface area contributed by atoms with Crippen molar-refractivity contribution in [1.82, 2.24) is 5.32 Å². The van der Waals surface area contributed by atoms with Gasteiger partial charge >= 0.3 is 5.97 Å². The van der Waals surface area contributed by atoms with Crippen LogP contribution in [0.1, 0.15) is 15.9 Å². The average Bonchev–Trinajstić information content (AvgIpc) is 2.58. The smallest absolute Gasteiger partial charge is 0.341 e. The number of carbonyl (C=O) groups excluding carboxylic acids is 2. The minimum Gasteiger partial charge on any atom is -0.496 e. The van der Waals surface area contributed by atoms with E-state index in [2.05, 4.69) is 21.2 Å². The van der Waals surface area contributed by atoms with E-state index in [0.29, 0.717) is 10.2 Å². The molecule has 0 atom stereocenters. The van der Waals surface area contributed by atoms with E-state index in [4.69, 9.17) is 9.47 Å². The molecule has 0 fully saturated rings. The summed E-state index contributed by atoms with van der Waals surface area (Å²) >= 11 is 3.10. The summed E-state index contributed by atoms with van der Waals surface area (Å²) in [5.74, 6) is -1.46. The molecule has 0 saturated heterocycles. The van der Waals surface area contributed by atoms with Gasteiger partial charge in [-0.1, -0.05) is 34.1 Å². The van der Waals surface area contributed by atoms with E-state index in [-0.39, 0.29) is 12.1 Å². The van der Waals surface area contributed by atoms with Gasteiger partial charge in [0, 0.05) is 16.6 Å². The van der Waals surface area contributed by atoms with Crippen LogP contribution in [0, 0.1) is 5.82 Å². The summed E-state index contributed by atoms with van der Waals surface area (Å²) in [6.07, 6.45) is 0. The first-order valence-corrected chi connectivity index (χ1v) is 7.81. The van der Waals surface area contributed by atoms with E-state index in [1.54, 1.807) is 6.07 Å². The van der Waals surface area contributed by atoms with Crippen LogP contribution >= 0.6 is 15.9 Å². The van der Waals surface area contributed by atoms with Crippen LogP contribution in [0.5, 0.6) is 5.75 Å². The van der Waals surface area contributed by atoms with Crippen LogP contribution in [0.25, 0.3) is 0 Å². The fourth-order valence-corrected chi connectivity index (χ4v) is 2.29. The Kier molecular flexibility index (Phi) is 6.31. The first-order chi connectivity index (χ1) is 11.5. The predicted molar refractivity (Wildman–Crippen MR) is 89.2 cm³/mol. The zero-order valence-corrected chi connectivity index (χ0v) is 14.4. The number of rotatable bonds is 6. The summed E-state index contributed by atoms with van der Waals surface area (Å²) in [5.41, 5.74) is 0.564. The fraction of sp³-hybridized carbons (Fsp3) is 0.176. The molecule has 0 heterocycles. The van der Waals surface area contributed by atoms with Crippen molar-refractivity contribution in [2.24, 2.45) is 0 Å². The molecule has 0 radical (unpaired) electrons. The Hall–Kier alpha value is -2.41. The molecule has 1 amide bonds. The zero-order valence-electron chi connectivity index (χ0n) is 12.8. The number of methoxy groups -OCH3 is 1. The van der Waals surface area contributed by atoms with Crippen molar-refractivity contribution in [1.29, 1.82) is 0 Å². The monoisotopic (exact) mass is 395 g/mol. The van der Waals surface area contributed by atoms with Crippen LogP contribution in [0.15, 0.2) is 46.9 Å². The minimum absolute atomic E-state index is 0.226. The number of ether oxygens (including phenoxy) is 2. The highest BCUT2D eigenvalue weighted by Crippen LogP contribution is 2.17. The molecule has 2 aromatic carbocycles. The van der Waals surface area contributed by atoms with Crippen LogP contribution in [0.2, 0.25) is 0 Å². The predicted octanol–water partition coefficient (Wildman–Crippen LogP) is 3.07. The number of carbonyl (C=O) groups is 2. The lowest BCUT2D eigenvalue weighted by molar-refractivity contribution is -0.124. The highest BCUT2D eigenvalue weighted by Gasteiger charge is 2.15. The Balaban J connectivity index is 1.85. The van der Waals surface area contributed by atoms with Gasteiger partial charge in [-0.05, 0) is 24.3 Å². The molecule has 0 spiro atoms. The van der Waals surface area contributed by atoms with Crippen molar-refractivity contribution >= 4 is 27.8 Å².